The molecule has 0 saturated heterocycles. The Labute approximate surface area is 110 Å². The smallest absolute Gasteiger partial charge is 0.0972 e. The predicted octanol–water partition coefficient (Wildman–Crippen LogP) is 3.61. The second-order valence-corrected chi connectivity index (χ2v) is 6.03. The van der Waals surface area contributed by atoms with Gasteiger partial charge in [-0.1, -0.05) is 23.7 Å². The van der Waals surface area contributed by atoms with Gasteiger partial charge < -0.3 is 5.11 Å². The van der Waals surface area contributed by atoms with E-state index < -0.39 is 5.60 Å². The molecule has 1 N–H and O–H groups in total. The second kappa shape index (κ2) is 4.77. The summed E-state index contributed by atoms with van der Waals surface area (Å²) in [6.45, 7) is 3.54. The van der Waals surface area contributed by atoms with Crippen LogP contribution in [0.25, 0.3) is 0 Å². The minimum absolute atomic E-state index is 0.741. The van der Waals surface area contributed by atoms with Gasteiger partial charge in [-0.05, 0) is 31.5 Å². The number of rotatable bonds is 3. The summed E-state index contributed by atoms with van der Waals surface area (Å²) in [7, 11) is 0. The van der Waals surface area contributed by atoms with Crippen LogP contribution in [0.15, 0.2) is 30.5 Å². The molecule has 0 amide bonds. The molecular weight excluding hydrogens is 254 g/mol. The molecule has 0 saturated carbocycles. The molecule has 0 bridgehead atoms. The molecule has 0 fully saturated rings. The number of thiazole rings is 1. The molecule has 2 aromatic rings. The zero-order valence-corrected chi connectivity index (χ0v) is 11.3. The molecule has 4 heteroatoms. The van der Waals surface area contributed by atoms with Gasteiger partial charge in [0.1, 0.15) is 0 Å². The average molecular weight is 268 g/mol. The Morgan fingerprint density at radius 2 is 1.94 bits per heavy atom. The van der Waals surface area contributed by atoms with Crippen LogP contribution >= 0.6 is 22.9 Å². The maximum atomic E-state index is 9.86. The number of halogens is 1. The van der Waals surface area contributed by atoms with E-state index in [2.05, 4.69) is 4.98 Å². The summed E-state index contributed by atoms with van der Waals surface area (Å²) in [5.74, 6) is 0. The first-order valence-electron chi connectivity index (χ1n) is 5.37. The molecule has 0 aliphatic carbocycles. The number of benzene rings is 1. The molecule has 1 aromatic heterocycles. The maximum Gasteiger partial charge on any atom is 0.0972 e. The number of nitrogens with zero attached hydrogens (tertiary/aromatic N) is 1. The lowest BCUT2D eigenvalue weighted by Gasteiger charge is -2.13. The van der Waals surface area contributed by atoms with Gasteiger partial charge in [0.25, 0.3) is 0 Å². The fraction of sp³-hybridized carbons (Fsp3) is 0.308. The van der Waals surface area contributed by atoms with Crippen molar-refractivity contribution in [1.29, 1.82) is 0 Å². The highest BCUT2D eigenvalue weighted by molar-refractivity contribution is 7.11. The molecule has 90 valence electrons. The Bertz CT molecular complexity index is 499. The lowest BCUT2D eigenvalue weighted by Crippen LogP contribution is -2.12. The van der Waals surface area contributed by atoms with Crippen molar-refractivity contribution in [3.63, 3.8) is 0 Å². The number of hydrogen-bond donors (Lipinski definition) is 1. The first-order valence-corrected chi connectivity index (χ1v) is 6.56. The molecule has 17 heavy (non-hydrogen) atoms. The van der Waals surface area contributed by atoms with Crippen LogP contribution < -0.4 is 0 Å². The molecule has 0 aliphatic heterocycles. The van der Waals surface area contributed by atoms with Gasteiger partial charge >= 0.3 is 0 Å². The summed E-state index contributed by atoms with van der Waals surface area (Å²) >= 11 is 7.38. The third-order valence-electron chi connectivity index (χ3n) is 2.43. The Kier molecular flexibility index (Phi) is 3.52. The summed E-state index contributed by atoms with van der Waals surface area (Å²) in [6, 6.07) is 7.74. The average Bonchev–Trinajstić information content (AvgIpc) is 2.69. The van der Waals surface area contributed by atoms with E-state index in [9.17, 15) is 5.11 Å². The molecule has 0 radical (unpaired) electrons. The molecule has 0 atom stereocenters. The summed E-state index contributed by atoms with van der Waals surface area (Å²) in [6.07, 6.45) is 2.52. The van der Waals surface area contributed by atoms with Crippen LogP contribution in [0.4, 0.5) is 0 Å². The largest absolute Gasteiger partial charge is 0.385 e. The topological polar surface area (TPSA) is 33.1 Å². The molecule has 2 nitrogen and oxygen atoms in total. The van der Waals surface area contributed by atoms with Crippen molar-refractivity contribution in [3.8, 4) is 0 Å². The zero-order chi connectivity index (χ0) is 12.5. The number of aliphatic hydroxyl groups is 1. The van der Waals surface area contributed by atoms with Gasteiger partial charge in [-0.25, -0.2) is 4.98 Å². The van der Waals surface area contributed by atoms with E-state index in [0.717, 1.165) is 21.3 Å². The lowest BCUT2D eigenvalue weighted by atomic mass is 10.1. The summed E-state index contributed by atoms with van der Waals surface area (Å²) < 4.78 is 0. The molecule has 0 aliphatic rings. The normalized spacial score (nSPS) is 11.8. The van der Waals surface area contributed by atoms with E-state index in [1.165, 1.54) is 5.56 Å². The van der Waals surface area contributed by atoms with Crippen molar-refractivity contribution in [2.24, 2.45) is 0 Å². The van der Waals surface area contributed by atoms with Crippen molar-refractivity contribution in [2.45, 2.75) is 25.9 Å². The van der Waals surface area contributed by atoms with Crippen LogP contribution in [0, 0.1) is 0 Å². The van der Waals surface area contributed by atoms with Gasteiger partial charge in [-0.3, -0.25) is 0 Å². The fourth-order valence-corrected chi connectivity index (χ4v) is 2.53. The lowest BCUT2D eigenvalue weighted by molar-refractivity contribution is 0.0823. The Hall–Kier alpha value is -0.900. The van der Waals surface area contributed by atoms with Gasteiger partial charge in [0.05, 0.1) is 15.5 Å². The van der Waals surface area contributed by atoms with Gasteiger partial charge in [-0.15, -0.1) is 11.3 Å². The van der Waals surface area contributed by atoms with Crippen LogP contribution in [0.3, 0.4) is 0 Å². The van der Waals surface area contributed by atoms with Crippen molar-refractivity contribution in [2.75, 3.05) is 0 Å². The monoisotopic (exact) mass is 267 g/mol. The summed E-state index contributed by atoms with van der Waals surface area (Å²) in [5, 5.41) is 11.6. The van der Waals surface area contributed by atoms with Crippen molar-refractivity contribution >= 4 is 22.9 Å². The van der Waals surface area contributed by atoms with E-state index in [1.54, 1.807) is 31.4 Å². The van der Waals surface area contributed by atoms with Gasteiger partial charge in [-0.2, -0.15) is 0 Å². The first-order chi connectivity index (χ1) is 7.95. The molecule has 1 heterocycles. The number of hydrogen-bond acceptors (Lipinski definition) is 3. The third kappa shape index (κ3) is 3.28. The summed E-state index contributed by atoms with van der Waals surface area (Å²) in [4.78, 5) is 5.22. The Morgan fingerprint density at radius 1 is 1.29 bits per heavy atom. The Balaban J connectivity index is 2.14. The zero-order valence-electron chi connectivity index (χ0n) is 9.77. The van der Waals surface area contributed by atoms with Crippen molar-refractivity contribution in [1.82, 2.24) is 4.98 Å². The molecule has 2 rings (SSSR count). The molecule has 1 aromatic carbocycles. The van der Waals surface area contributed by atoms with Gasteiger partial charge in [0.2, 0.25) is 0 Å². The highest BCUT2D eigenvalue weighted by Crippen LogP contribution is 2.27. The SMILES string of the molecule is CC(C)(O)c1cnc(Cc2ccc(Cl)cc2)s1. The van der Waals surface area contributed by atoms with E-state index in [0.29, 0.717) is 0 Å². The van der Waals surface area contributed by atoms with Crippen LogP contribution in [-0.2, 0) is 12.0 Å². The molecular formula is C13H14ClNOS. The van der Waals surface area contributed by atoms with E-state index in [1.807, 2.05) is 24.3 Å². The standard InChI is InChI=1S/C13H14ClNOS/c1-13(2,16)11-8-15-12(17-11)7-9-3-5-10(14)6-4-9/h3-6,8,16H,7H2,1-2H3. The Morgan fingerprint density at radius 3 is 2.47 bits per heavy atom. The maximum absolute atomic E-state index is 9.86. The van der Waals surface area contributed by atoms with Gasteiger partial charge in [0, 0.05) is 17.6 Å². The molecule has 0 unspecified atom stereocenters. The van der Waals surface area contributed by atoms with E-state index in [-0.39, 0.29) is 0 Å². The minimum atomic E-state index is -0.810. The second-order valence-electron chi connectivity index (χ2n) is 4.48. The number of aromatic nitrogens is 1. The van der Waals surface area contributed by atoms with Crippen molar-refractivity contribution < 1.29 is 5.11 Å². The molecule has 0 spiro atoms. The third-order valence-corrected chi connectivity index (χ3v) is 3.99. The van der Waals surface area contributed by atoms with E-state index in [4.69, 9.17) is 11.6 Å². The minimum Gasteiger partial charge on any atom is -0.385 e. The highest BCUT2D eigenvalue weighted by Gasteiger charge is 2.19. The van der Waals surface area contributed by atoms with Gasteiger partial charge in [0.15, 0.2) is 0 Å². The highest BCUT2D eigenvalue weighted by atomic mass is 35.5. The van der Waals surface area contributed by atoms with E-state index >= 15 is 0 Å². The first kappa shape index (κ1) is 12.6. The van der Waals surface area contributed by atoms with Crippen LogP contribution in [0.2, 0.25) is 5.02 Å². The van der Waals surface area contributed by atoms with Crippen molar-refractivity contribution in [3.05, 3.63) is 50.9 Å². The fourth-order valence-electron chi connectivity index (χ4n) is 1.45. The van der Waals surface area contributed by atoms with Crippen LogP contribution in [-0.4, -0.2) is 10.1 Å². The van der Waals surface area contributed by atoms with Crippen LogP contribution in [0.5, 0.6) is 0 Å². The van der Waals surface area contributed by atoms with Crippen LogP contribution in [0.1, 0.15) is 29.3 Å². The quantitative estimate of drug-likeness (QED) is 0.922. The predicted molar refractivity (Wildman–Crippen MR) is 71.6 cm³/mol. The summed E-state index contributed by atoms with van der Waals surface area (Å²) in [5.41, 5.74) is 0.363.